The number of anilines is 1. The van der Waals surface area contributed by atoms with Crippen LogP contribution in [0.2, 0.25) is 5.15 Å². The van der Waals surface area contributed by atoms with Crippen LogP contribution < -0.4 is 5.32 Å². The van der Waals surface area contributed by atoms with Crippen LogP contribution >= 0.6 is 11.6 Å². The summed E-state index contributed by atoms with van der Waals surface area (Å²) in [6, 6.07) is 2.80. The molecule has 0 radical (unpaired) electrons. The van der Waals surface area contributed by atoms with Crippen molar-refractivity contribution in [1.82, 2.24) is 9.88 Å². The Hall–Kier alpha value is -1.33. The van der Waals surface area contributed by atoms with Gasteiger partial charge in [-0.2, -0.15) is 0 Å². The molecule has 0 amide bonds. The molecule has 0 unspecified atom stereocenters. The van der Waals surface area contributed by atoms with Gasteiger partial charge in [0.05, 0.1) is 5.56 Å². The minimum atomic E-state index is -1.01. The Labute approximate surface area is 105 Å². The van der Waals surface area contributed by atoms with Crippen LogP contribution in [0.5, 0.6) is 0 Å². The largest absolute Gasteiger partial charge is 0.478 e. The number of pyridine rings is 1. The highest BCUT2D eigenvalue weighted by Crippen LogP contribution is 2.14. The predicted molar refractivity (Wildman–Crippen MR) is 67.9 cm³/mol. The van der Waals surface area contributed by atoms with E-state index in [9.17, 15) is 4.79 Å². The minimum absolute atomic E-state index is 0.139. The van der Waals surface area contributed by atoms with Crippen molar-refractivity contribution in [3.8, 4) is 0 Å². The lowest BCUT2D eigenvalue weighted by atomic mass is 10.2. The fourth-order valence-corrected chi connectivity index (χ4v) is 1.53. The van der Waals surface area contributed by atoms with Crippen LogP contribution in [0.4, 0.5) is 5.82 Å². The van der Waals surface area contributed by atoms with E-state index in [1.54, 1.807) is 0 Å². The number of aromatic carboxylic acids is 1. The van der Waals surface area contributed by atoms with Gasteiger partial charge in [0, 0.05) is 6.54 Å². The first kappa shape index (κ1) is 13.7. The van der Waals surface area contributed by atoms with Crippen LogP contribution in [0.1, 0.15) is 16.8 Å². The Morgan fingerprint density at radius 3 is 2.82 bits per heavy atom. The number of carboxylic acid groups (broad SMARTS) is 1. The molecule has 0 aliphatic rings. The molecule has 6 heteroatoms. The molecular formula is C11H16ClN3O2. The Bertz CT molecular complexity index is 396. The van der Waals surface area contributed by atoms with Crippen LogP contribution in [-0.4, -0.2) is 48.1 Å². The van der Waals surface area contributed by atoms with E-state index in [0.717, 1.165) is 19.5 Å². The molecule has 1 aromatic rings. The van der Waals surface area contributed by atoms with Gasteiger partial charge in [-0.05, 0) is 39.2 Å². The smallest absolute Gasteiger partial charge is 0.335 e. The van der Waals surface area contributed by atoms with Gasteiger partial charge in [0.1, 0.15) is 11.0 Å². The highest BCUT2D eigenvalue weighted by molar-refractivity contribution is 6.29. The van der Waals surface area contributed by atoms with Crippen LogP contribution in [0, 0.1) is 0 Å². The van der Waals surface area contributed by atoms with Crippen molar-refractivity contribution >= 4 is 23.4 Å². The molecule has 1 aromatic heterocycles. The summed E-state index contributed by atoms with van der Waals surface area (Å²) in [6.07, 6.45) is 0.948. The maximum absolute atomic E-state index is 10.8. The van der Waals surface area contributed by atoms with E-state index >= 15 is 0 Å². The molecule has 0 fully saturated rings. The van der Waals surface area contributed by atoms with Gasteiger partial charge in [-0.25, -0.2) is 9.78 Å². The number of carboxylic acids is 1. The normalized spacial score (nSPS) is 10.6. The second kappa shape index (κ2) is 6.42. The molecule has 0 saturated carbocycles. The van der Waals surface area contributed by atoms with Gasteiger partial charge < -0.3 is 15.3 Å². The predicted octanol–water partition coefficient (Wildman–Crippen LogP) is 1.80. The molecule has 17 heavy (non-hydrogen) atoms. The highest BCUT2D eigenvalue weighted by Gasteiger charge is 2.06. The van der Waals surface area contributed by atoms with Crippen molar-refractivity contribution in [2.75, 3.05) is 32.5 Å². The summed E-state index contributed by atoms with van der Waals surface area (Å²) in [4.78, 5) is 16.9. The van der Waals surface area contributed by atoms with Gasteiger partial charge in [-0.1, -0.05) is 11.6 Å². The third-order valence-corrected chi connectivity index (χ3v) is 2.32. The zero-order valence-electron chi connectivity index (χ0n) is 9.90. The quantitative estimate of drug-likeness (QED) is 0.601. The van der Waals surface area contributed by atoms with Gasteiger partial charge in [-0.3, -0.25) is 0 Å². The molecule has 0 aromatic carbocycles. The summed E-state index contributed by atoms with van der Waals surface area (Å²) in [7, 11) is 4.00. The third-order valence-electron chi connectivity index (χ3n) is 2.13. The number of rotatable bonds is 6. The van der Waals surface area contributed by atoms with E-state index in [2.05, 4.69) is 15.2 Å². The first-order valence-corrected chi connectivity index (χ1v) is 5.66. The Morgan fingerprint density at radius 1 is 1.53 bits per heavy atom. The van der Waals surface area contributed by atoms with Gasteiger partial charge in [-0.15, -0.1) is 0 Å². The maximum Gasteiger partial charge on any atom is 0.335 e. The lowest BCUT2D eigenvalue weighted by molar-refractivity contribution is 0.0697. The fourth-order valence-electron chi connectivity index (χ4n) is 1.32. The topological polar surface area (TPSA) is 65.5 Å². The van der Waals surface area contributed by atoms with E-state index < -0.39 is 5.97 Å². The summed E-state index contributed by atoms with van der Waals surface area (Å²) in [5.41, 5.74) is 0.139. The molecule has 1 rings (SSSR count). The average Bonchev–Trinajstić information content (AvgIpc) is 2.23. The Morgan fingerprint density at radius 2 is 2.24 bits per heavy atom. The monoisotopic (exact) mass is 257 g/mol. The first-order valence-electron chi connectivity index (χ1n) is 5.28. The zero-order valence-corrected chi connectivity index (χ0v) is 10.7. The summed E-state index contributed by atoms with van der Waals surface area (Å²) in [5, 5.41) is 12.1. The third kappa shape index (κ3) is 5.01. The average molecular weight is 258 g/mol. The van der Waals surface area contributed by atoms with Gasteiger partial charge in [0.25, 0.3) is 0 Å². The second-order valence-electron chi connectivity index (χ2n) is 3.95. The van der Waals surface area contributed by atoms with Crippen LogP contribution in [0.25, 0.3) is 0 Å². The molecule has 0 aliphatic carbocycles. The molecule has 0 aliphatic heterocycles. The van der Waals surface area contributed by atoms with Crippen molar-refractivity contribution in [2.45, 2.75) is 6.42 Å². The Kier molecular flexibility index (Phi) is 5.18. The van der Waals surface area contributed by atoms with Crippen LogP contribution in [0.15, 0.2) is 12.1 Å². The van der Waals surface area contributed by atoms with Gasteiger partial charge in [0.2, 0.25) is 0 Å². The molecule has 5 nitrogen and oxygen atoms in total. The maximum atomic E-state index is 10.8. The highest BCUT2D eigenvalue weighted by atomic mass is 35.5. The van der Waals surface area contributed by atoms with E-state index in [0.29, 0.717) is 5.82 Å². The number of nitrogens with one attached hydrogen (secondary N) is 1. The molecule has 0 bridgehead atoms. The standard InChI is InChI=1S/C11H16ClN3O2/c1-15(2)5-3-4-13-10-7-8(11(16)17)6-9(12)14-10/h6-7H,3-5H2,1-2H3,(H,13,14)(H,16,17). The van der Waals surface area contributed by atoms with Crippen LogP contribution in [0.3, 0.4) is 0 Å². The molecule has 0 atom stereocenters. The second-order valence-corrected chi connectivity index (χ2v) is 4.34. The van der Waals surface area contributed by atoms with Crippen molar-refractivity contribution in [2.24, 2.45) is 0 Å². The number of nitrogens with zero attached hydrogens (tertiary/aromatic N) is 2. The number of hydrogen-bond acceptors (Lipinski definition) is 4. The van der Waals surface area contributed by atoms with Gasteiger partial charge in [0.15, 0.2) is 0 Å². The number of hydrogen-bond donors (Lipinski definition) is 2. The fraction of sp³-hybridized carbons (Fsp3) is 0.455. The lowest BCUT2D eigenvalue weighted by Crippen LogP contribution is -2.16. The number of halogens is 1. The minimum Gasteiger partial charge on any atom is -0.478 e. The van der Waals surface area contributed by atoms with E-state index in [1.165, 1.54) is 12.1 Å². The number of carbonyl (C=O) groups is 1. The van der Waals surface area contributed by atoms with Crippen molar-refractivity contribution in [3.63, 3.8) is 0 Å². The molecule has 0 saturated heterocycles. The van der Waals surface area contributed by atoms with E-state index in [1.807, 2.05) is 14.1 Å². The van der Waals surface area contributed by atoms with Crippen molar-refractivity contribution < 1.29 is 9.90 Å². The lowest BCUT2D eigenvalue weighted by Gasteiger charge is -2.10. The molecule has 94 valence electrons. The van der Waals surface area contributed by atoms with E-state index in [-0.39, 0.29) is 10.7 Å². The molecule has 1 heterocycles. The number of aromatic nitrogens is 1. The van der Waals surface area contributed by atoms with Crippen molar-refractivity contribution in [3.05, 3.63) is 22.8 Å². The van der Waals surface area contributed by atoms with Crippen LogP contribution in [-0.2, 0) is 0 Å². The molecule has 2 N–H and O–H groups in total. The summed E-state index contributed by atoms with van der Waals surface area (Å²) >= 11 is 5.73. The molecule has 0 spiro atoms. The molecular weight excluding hydrogens is 242 g/mol. The van der Waals surface area contributed by atoms with Gasteiger partial charge >= 0.3 is 5.97 Å². The summed E-state index contributed by atoms with van der Waals surface area (Å²) in [5.74, 6) is -0.515. The zero-order chi connectivity index (χ0) is 12.8. The summed E-state index contributed by atoms with van der Waals surface area (Å²) < 4.78 is 0. The first-order chi connectivity index (χ1) is 7.99. The van der Waals surface area contributed by atoms with E-state index in [4.69, 9.17) is 16.7 Å². The SMILES string of the molecule is CN(C)CCCNc1cc(C(=O)O)cc(Cl)n1. The Balaban J connectivity index is 2.56. The summed E-state index contributed by atoms with van der Waals surface area (Å²) in [6.45, 7) is 1.68. The van der Waals surface area contributed by atoms with Crippen molar-refractivity contribution in [1.29, 1.82) is 0 Å².